The molecule has 0 radical (unpaired) electrons. The number of carboxylic acids is 1. The quantitative estimate of drug-likeness (QED) is 0.757. The van der Waals surface area contributed by atoms with Gasteiger partial charge >= 0.3 is 5.97 Å². The lowest BCUT2D eigenvalue weighted by atomic mass is 10.2. The number of aromatic carboxylic acids is 1. The van der Waals surface area contributed by atoms with Crippen LogP contribution >= 0.6 is 27.5 Å². The summed E-state index contributed by atoms with van der Waals surface area (Å²) in [5, 5.41) is 14.7. The molecule has 0 aliphatic carbocycles. The van der Waals surface area contributed by atoms with Crippen LogP contribution in [0.5, 0.6) is 0 Å². The van der Waals surface area contributed by atoms with Crippen molar-refractivity contribution in [3.8, 4) is 0 Å². The molecule has 0 bridgehead atoms. The molecule has 21 heavy (non-hydrogen) atoms. The third-order valence-corrected chi connectivity index (χ3v) is 4.04. The average Bonchev–Trinajstić information content (AvgIpc) is 2.81. The van der Waals surface area contributed by atoms with Crippen molar-refractivity contribution in [1.29, 1.82) is 0 Å². The van der Waals surface area contributed by atoms with Crippen LogP contribution in [0.2, 0.25) is 5.02 Å². The topological polar surface area (TPSA) is 55.1 Å². The van der Waals surface area contributed by atoms with Crippen LogP contribution in [0.4, 0.5) is 0 Å². The maximum absolute atomic E-state index is 11.3. The highest BCUT2D eigenvalue weighted by Crippen LogP contribution is 2.24. The van der Waals surface area contributed by atoms with Crippen LogP contribution in [0, 0.1) is 0 Å². The molecule has 1 heterocycles. The molecule has 6 heteroatoms. The van der Waals surface area contributed by atoms with E-state index >= 15 is 0 Å². The Morgan fingerprint density at radius 2 is 2.05 bits per heavy atom. The molecule has 0 saturated heterocycles. The Kier molecular flexibility index (Phi) is 3.69. The first kappa shape index (κ1) is 14.1. The molecule has 0 spiro atoms. The zero-order valence-corrected chi connectivity index (χ0v) is 13.1. The fraction of sp³-hybridized carbons (Fsp3) is 0.0667. The highest BCUT2D eigenvalue weighted by molar-refractivity contribution is 9.10. The smallest absolute Gasteiger partial charge is 0.357 e. The number of nitrogens with zero attached hydrogens (tertiary/aromatic N) is 2. The van der Waals surface area contributed by atoms with Crippen molar-refractivity contribution in [2.45, 2.75) is 6.54 Å². The maximum atomic E-state index is 11.3. The fourth-order valence-corrected chi connectivity index (χ4v) is 2.95. The molecule has 0 saturated carbocycles. The predicted octanol–water partition coefficient (Wildman–Crippen LogP) is 4.20. The highest BCUT2D eigenvalue weighted by Gasteiger charge is 2.16. The van der Waals surface area contributed by atoms with Gasteiger partial charge in [-0.1, -0.05) is 51.8 Å². The number of hydrogen-bond donors (Lipinski definition) is 1. The van der Waals surface area contributed by atoms with E-state index in [2.05, 4.69) is 21.0 Å². The van der Waals surface area contributed by atoms with Gasteiger partial charge in [0.05, 0.1) is 12.1 Å². The molecule has 0 fully saturated rings. The van der Waals surface area contributed by atoms with Gasteiger partial charge in [-0.05, 0) is 23.8 Å². The van der Waals surface area contributed by atoms with Gasteiger partial charge in [0.25, 0.3) is 0 Å². The largest absolute Gasteiger partial charge is 0.476 e. The lowest BCUT2D eigenvalue weighted by Gasteiger charge is -2.06. The van der Waals surface area contributed by atoms with Gasteiger partial charge in [0.2, 0.25) is 0 Å². The minimum absolute atomic E-state index is 0.0545. The normalized spacial score (nSPS) is 11.0. The van der Waals surface area contributed by atoms with Gasteiger partial charge in [-0.25, -0.2) is 4.79 Å². The van der Waals surface area contributed by atoms with E-state index in [1.54, 1.807) is 22.9 Å². The summed E-state index contributed by atoms with van der Waals surface area (Å²) in [5.74, 6) is -1.04. The average molecular weight is 366 g/mol. The zero-order chi connectivity index (χ0) is 15.0. The van der Waals surface area contributed by atoms with Gasteiger partial charge in [-0.15, -0.1) is 0 Å². The molecule has 3 aromatic rings. The number of para-hydroxylation sites is 1. The second kappa shape index (κ2) is 5.50. The molecule has 3 rings (SSSR count). The summed E-state index contributed by atoms with van der Waals surface area (Å²) < 4.78 is 2.56. The maximum Gasteiger partial charge on any atom is 0.357 e. The van der Waals surface area contributed by atoms with E-state index < -0.39 is 5.97 Å². The van der Waals surface area contributed by atoms with E-state index in [1.807, 2.05) is 24.3 Å². The Morgan fingerprint density at radius 3 is 2.76 bits per heavy atom. The van der Waals surface area contributed by atoms with Crippen LogP contribution in [0.1, 0.15) is 16.1 Å². The van der Waals surface area contributed by atoms with Crippen molar-refractivity contribution in [1.82, 2.24) is 9.78 Å². The minimum Gasteiger partial charge on any atom is -0.476 e. The SMILES string of the molecule is O=C(O)c1nn(Cc2ccc(Br)cc2Cl)c2ccccc12. The Hall–Kier alpha value is -1.85. The Morgan fingerprint density at radius 1 is 1.29 bits per heavy atom. The predicted molar refractivity (Wildman–Crippen MR) is 84.9 cm³/mol. The molecule has 2 aromatic carbocycles. The van der Waals surface area contributed by atoms with E-state index in [-0.39, 0.29) is 5.69 Å². The Bertz CT molecular complexity index is 845. The molecular formula is C15H10BrClN2O2. The van der Waals surface area contributed by atoms with Crippen molar-refractivity contribution in [3.05, 3.63) is 63.2 Å². The van der Waals surface area contributed by atoms with Gasteiger partial charge in [0, 0.05) is 14.9 Å². The molecule has 0 amide bonds. The monoisotopic (exact) mass is 364 g/mol. The van der Waals surface area contributed by atoms with E-state index in [1.165, 1.54) is 0 Å². The summed E-state index contributed by atoms with van der Waals surface area (Å²) in [7, 11) is 0. The van der Waals surface area contributed by atoms with Crippen molar-refractivity contribution in [3.63, 3.8) is 0 Å². The number of benzene rings is 2. The van der Waals surface area contributed by atoms with Crippen LogP contribution in [0.15, 0.2) is 46.9 Å². The first-order valence-corrected chi connectivity index (χ1v) is 7.36. The number of carboxylic acid groups (broad SMARTS) is 1. The number of hydrogen-bond acceptors (Lipinski definition) is 2. The van der Waals surface area contributed by atoms with Crippen LogP contribution in [0.3, 0.4) is 0 Å². The number of carbonyl (C=O) groups is 1. The summed E-state index contributed by atoms with van der Waals surface area (Å²) in [4.78, 5) is 11.3. The Labute approximate surface area is 134 Å². The highest BCUT2D eigenvalue weighted by atomic mass is 79.9. The third-order valence-electron chi connectivity index (χ3n) is 3.20. The fourth-order valence-electron chi connectivity index (χ4n) is 2.22. The first-order valence-electron chi connectivity index (χ1n) is 6.19. The van der Waals surface area contributed by atoms with Crippen molar-refractivity contribution >= 4 is 44.4 Å². The second-order valence-corrected chi connectivity index (χ2v) is 5.89. The molecule has 4 nitrogen and oxygen atoms in total. The Balaban J connectivity index is 2.10. The van der Waals surface area contributed by atoms with Gasteiger partial charge in [-0.3, -0.25) is 4.68 Å². The molecule has 0 aliphatic heterocycles. The summed E-state index contributed by atoms with van der Waals surface area (Å²) in [6.45, 7) is 0.417. The summed E-state index contributed by atoms with van der Waals surface area (Å²) in [6.07, 6.45) is 0. The zero-order valence-electron chi connectivity index (χ0n) is 10.8. The minimum atomic E-state index is -1.04. The summed E-state index contributed by atoms with van der Waals surface area (Å²) >= 11 is 9.57. The summed E-state index contributed by atoms with van der Waals surface area (Å²) in [6, 6.07) is 12.9. The number of halogens is 2. The molecule has 0 aliphatic rings. The molecule has 0 unspecified atom stereocenters. The molecule has 106 valence electrons. The van der Waals surface area contributed by atoms with E-state index in [9.17, 15) is 9.90 Å². The standard InChI is InChI=1S/C15H10BrClN2O2/c16-10-6-5-9(12(17)7-10)8-19-13-4-2-1-3-11(13)14(18-19)15(20)21/h1-7H,8H2,(H,20,21). The van der Waals surface area contributed by atoms with Crippen molar-refractivity contribution in [2.75, 3.05) is 0 Å². The lowest BCUT2D eigenvalue weighted by molar-refractivity contribution is 0.0691. The third kappa shape index (κ3) is 2.66. The van der Waals surface area contributed by atoms with Crippen LogP contribution in [0.25, 0.3) is 10.9 Å². The van der Waals surface area contributed by atoms with Crippen LogP contribution < -0.4 is 0 Å². The van der Waals surface area contributed by atoms with Crippen LogP contribution in [-0.4, -0.2) is 20.9 Å². The molecule has 1 N–H and O–H groups in total. The van der Waals surface area contributed by atoms with E-state index in [0.29, 0.717) is 17.0 Å². The molecule has 0 atom stereocenters. The molecular weight excluding hydrogens is 356 g/mol. The molecule has 1 aromatic heterocycles. The van der Waals surface area contributed by atoms with Crippen molar-refractivity contribution in [2.24, 2.45) is 0 Å². The van der Waals surface area contributed by atoms with Gasteiger partial charge in [0.15, 0.2) is 5.69 Å². The summed E-state index contributed by atoms with van der Waals surface area (Å²) in [5.41, 5.74) is 1.71. The van der Waals surface area contributed by atoms with Gasteiger partial charge in [0.1, 0.15) is 0 Å². The van der Waals surface area contributed by atoms with Gasteiger partial charge < -0.3 is 5.11 Å². The van der Waals surface area contributed by atoms with Crippen LogP contribution in [-0.2, 0) is 6.54 Å². The lowest BCUT2D eigenvalue weighted by Crippen LogP contribution is -2.05. The second-order valence-electron chi connectivity index (χ2n) is 4.56. The van der Waals surface area contributed by atoms with E-state index in [0.717, 1.165) is 15.6 Å². The first-order chi connectivity index (χ1) is 10.1. The number of fused-ring (bicyclic) bond motifs is 1. The van der Waals surface area contributed by atoms with E-state index in [4.69, 9.17) is 11.6 Å². The van der Waals surface area contributed by atoms with Crippen molar-refractivity contribution < 1.29 is 9.90 Å². The number of aromatic nitrogens is 2. The number of rotatable bonds is 3. The van der Waals surface area contributed by atoms with Gasteiger partial charge in [-0.2, -0.15) is 5.10 Å².